The average Bonchev–Trinajstić information content (AvgIpc) is 2.87. The van der Waals surface area contributed by atoms with E-state index in [9.17, 15) is 4.79 Å². The SMILES string of the molecule is CC1CCCN(C(=O)OC(C)(C)C)C1c1nc2ccc(Br)cc2[nH]1. The molecule has 2 heterocycles. The number of carbonyl (C=O) groups is 1. The molecule has 1 aromatic heterocycles. The standard InChI is InChI=1S/C18H24BrN3O2/c1-11-6-5-9-22(17(23)24-18(2,3)4)15(11)16-20-13-8-7-12(19)10-14(13)21-16/h7-8,10-11,15H,5-6,9H2,1-4H3,(H,20,21). The Morgan fingerprint density at radius 3 is 2.88 bits per heavy atom. The van der Waals surface area contributed by atoms with Crippen molar-refractivity contribution in [2.45, 2.75) is 52.2 Å². The Morgan fingerprint density at radius 2 is 2.17 bits per heavy atom. The molecule has 5 nitrogen and oxygen atoms in total. The molecular weight excluding hydrogens is 370 g/mol. The summed E-state index contributed by atoms with van der Waals surface area (Å²) in [5, 5.41) is 0. The van der Waals surface area contributed by atoms with Gasteiger partial charge in [-0.15, -0.1) is 0 Å². The zero-order valence-corrected chi connectivity index (χ0v) is 16.2. The Morgan fingerprint density at radius 1 is 1.42 bits per heavy atom. The largest absolute Gasteiger partial charge is 0.444 e. The van der Waals surface area contributed by atoms with Crippen LogP contribution < -0.4 is 0 Å². The lowest BCUT2D eigenvalue weighted by molar-refractivity contribution is -0.000147. The van der Waals surface area contributed by atoms with Gasteiger partial charge in [0.2, 0.25) is 0 Å². The quantitative estimate of drug-likeness (QED) is 0.738. The fraction of sp³-hybridized carbons (Fsp3) is 0.556. The van der Waals surface area contributed by atoms with Gasteiger partial charge in [-0.2, -0.15) is 0 Å². The molecule has 24 heavy (non-hydrogen) atoms. The van der Waals surface area contributed by atoms with Gasteiger partial charge in [-0.05, 0) is 57.7 Å². The molecule has 1 aromatic carbocycles. The fourth-order valence-electron chi connectivity index (χ4n) is 3.27. The normalized spacial score (nSPS) is 22.0. The Balaban J connectivity index is 1.94. The molecule has 2 atom stereocenters. The van der Waals surface area contributed by atoms with Gasteiger partial charge in [0.05, 0.1) is 17.1 Å². The maximum Gasteiger partial charge on any atom is 0.410 e. The smallest absolute Gasteiger partial charge is 0.410 e. The van der Waals surface area contributed by atoms with Crippen LogP contribution in [0.2, 0.25) is 0 Å². The number of hydrogen-bond donors (Lipinski definition) is 1. The number of amides is 1. The van der Waals surface area contributed by atoms with Crippen molar-refractivity contribution >= 4 is 33.1 Å². The van der Waals surface area contributed by atoms with E-state index < -0.39 is 5.60 Å². The van der Waals surface area contributed by atoms with Crippen molar-refractivity contribution in [1.29, 1.82) is 0 Å². The number of fused-ring (bicyclic) bond motifs is 1. The van der Waals surface area contributed by atoms with Crippen molar-refractivity contribution in [2.75, 3.05) is 6.54 Å². The van der Waals surface area contributed by atoms with E-state index in [0.29, 0.717) is 12.5 Å². The highest BCUT2D eigenvalue weighted by Crippen LogP contribution is 2.36. The minimum Gasteiger partial charge on any atom is -0.444 e. The lowest BCUT2D eigenvalue weighted by Crippen LogP contribution is -2.45. The first-order chi connectivity index (χ1) is 11.2. The van der Waals surface area contributed by atoms with Gasteiger partial charge in [-0.1, -0.05) is 22.9 Å². The molecule has 0 aliphatic carbocycles. The Labute approximate surface area is 150 Å². The number of piperidine rings is 1. The number of aromatic nitrogens is 2. The molecule has 1 saturated heterocycles. The fourth-order valence-corrected chi connectivity index (χ4v) is 3.63. The number of aromatic amines is 1. The lowest BCUT2D eigenvalue weighted by atomic mass is 9.90. The number of rotatable bonds is 1. The van der Waals surface area contributed by atoms with E-state index in [1.807, 2.05) is 43.9 Å². The molecule has 1 aliphatic heterocycles. The van der Waals surface area contributed by atoms with Crippen molar-refractivity contribution in [1.82, 2.24) is 14.9 Å². The third kappa shape index (κ3) is 3.58. The van der Waals surface area contributed by atoms with Crippen LogP contribution in [-0.4, -0.2) is 33.1 Å². The van der Waals surface area contributed by atoms with E-state index in [2.05, 4.69) is 27.8 Å². The monoisotopic (exact) mass is 393 g/mol. The predicted molar refractivity (Wildman–Crippen MR) is 97.9 cm³/mol. The number of nitrogens with zero attached hydrogens (tertiary/aromatic N) is 2. The number of benzene rings is 1. The van der Waals surface area contributed by atoms with E-state index in [4.69, 9.17) is 9.72 Å². The Hall–Kier alpha value is -1.56. The highest BCUT2D eigenvalue weighted by atomic mass is 79.9. The number of likely N-dealkylation sites (tertiary alicyclic amines) is 1. The number of ether oxygens (including phenoxy) is 1. The number of hydrogen-bond acceptors (Lipinski definition) is 3. The van der Waals surface area contributed by atoms with Crippen molar-refractivity contribution in [2.24, 2.45) is 5.92 Å². The molecular formula is C18H24BrN3O2. The van der Waals surface area contributed by atoms with Crippen molar-refractivity contribution < 1.29 is 9.53 Å². The van der Waals surface area contributed by atoms with Gasteiger partial charge in [-0.3, -0.25) is 4.90 Å². The van der Waals surface area contributed by atoms with Crippen LogP contribution in [0.15, 0.2) is 22.7 Å². The molecule has 1 fully saturated rings. The van der Waals surface area contributed by atoms with Crippen LogP contribution in [0.1, 0.15) is 52.4 Å². The Kier molecular flexibility index (Phi) is 4.60. The van der Waals surface area contributed by atoms with Gasteiger partial charge in [-0.25, -0.2) is 9.78 Å². The topological polar surface area (TPSA) is 58.2 Å². The molecule has 0 radical (unpaired) electrons. The highest BCUT2D eigenvalue weighted by molar-refractivity contribution is 9.10. The summed E-state index contributed by atoms with van der Waals surface area (Å²) in [5.74, 6) is 1.16. The van der Waals surface area contributed by atoms with E-state index in [1.54, 1.807) is 0 Å². The van der Waals surface area contributed by atoms with Crippen molar-refractivity contribution in [3.63, 3.8) is 0 Å². The Bertz CT molecular complexity index is 750. The van der Waals surface area contributed by atoms with Gasteiger partial charge >= 0.3 is 6.09 Å². The molecule has 0 bridgehead atoms. The number of halogens is 1. The number of nitrogens with one attached hydrogen (secondary N) is 1. The number of carbonyl (C=O) groups excluding carboxylic acids is 1. The molecule has 2 aromatic rings. The molecule has 130 valence electrons. The van der Waals surface area contributed by atoms with E-state index >= 15 is 0 Å². The van der Waals surface area contributed by atoms with Crippen LogP contribution >= 0.6 is 15.9 Å². The first-order valence-electron chi connectivity index (χ1n) is 8.39. The number of H-pyrrole nitrogens is 1. The summed E-state index contributed by atoms with van der Waals surface area (Å²) in [5.41, 5.74) is 1.39. The van der Waals surface area contributed by atoms with E-state index in [0.717, 1.165) is 34.2 Å². The summed E-state index contributed by atoms with van der Waals surface area (Å²) in [7, 11) is 0. The van der Waals surface area contributed by atoms with Gasteiger partial charge in [0, 0.05) is 11.0 Å². The zero-order chi connectivity index (χ0) is 17.5. The second-order valence-electron chi connectivity index (χ2n) is 7.52. The molecule has 2 unspecified atom stereocenters. The summed E-state index contributed by atoms with van der Waals surface area (Å²) in [6.45, 7) is 8.55. The van der Waals surface area contributed by atoms with Crippen molar-refractivity contribution in [3.8, 4) is 0 Å². The zero-order valence-electron chi connectivity index (χ0n) is 14.6. The maximum atomic E-state index is 12.7. The summed E-state index contributed by atoms with van der Waals surface area (Å²) >= 11 is 3.49. The van der Waals surface area contributed by atoms with Crippen LogP contribution in [0.4, 0.5) is 4.79 Å². The minimum absolute atomic E-state index is 0.0835. The first kappa shape index (κ1) is 17.3. The summed E-state index contributed by atoms with van der Waals surface area (Å²) in [6, 6.07) is 5.88. The second kappa shape index (κ2) is 6.39. The molecule has 1 aliphatic rings. The molecule has 3 rings (SSSR count). The first-order valence-corrected chi connectivity index (χ1v) is 9.19. The van der Waals surface area contributed by atoms with Crippen molar-refractivity contribution in [3.05, 3.63) is 28.5 Å². The molecule has 6 heteroatoms. The highest BCUT2D eigenvalue weighted by Gasteiger charge is 2.37. The van der Waals surface area contributed by atoms with Crippen LogP contribution in [0.3, 0.4) is 0 Å². The predicted octanol–water partition coefficient (Wildman–Crippen LogP) is 5.03. The molecule has 1 amide bonds. The molecule has 1 N–H and O–H groups in total. The average molecular weight is 394 g/mol. The van der Waals surface area contributed by atoms with Gasteiger partial charge in [0.1, 0.15) is 11.4 Å². The van der Waals surface area contributed by atoms with Crippen LogP contribution in [0, 0.1) is 5.92 Å². The second-order valence-corrected chi connectivity index (χ2v) is 8.44. The summed E-state index contributed by atoms with van der Waals surface area (Å²) in [4.78, 5) is 22.6. The van der Waals surface area contributed by atoms with Crippen LogP contribution in [0.5, 0.6) is 0 Å². The molecule has 0 saturated carbocycles. The van der Waals surface area contributed by atoms with E-state index in [-0.39, 0.29) is 12.1 Å². The summed E-state index contributed by atoms with van der Waals surface area (Å²) < 4.78 is 6.61. The van der Waals surface area contributed by atoms with Crippen LogP contribution in [0.25, 0.3) is 11.0 Å². The third-order valence-corrected chi connectivity index (χ3v) is 4.80. The van der Waals surface area contributed by atoms with Gasteiger partial charge in [0.25, 0.3) is 0 Å². The minimum atomic E-state index is -0.499. The third-order valence-electron chi connectivity index (χ3n) is 4.30. The van der Waals surface area contributed by atoms with Gasteiger partial charge in [0.15, 0.2) is 0 Å². The van der Waals surface area contributed by atoms with E-state index in [1.165, 1.54) is 0 Å². The summed E-state index contributed by atoms with van der Waals surface area (Å²) in [6.07, 6.45) is 1.80. The van der Waals surface area contributed by atoms with Crippen LogP contribution in [-0.2, 0) is 4.74 Å². The maximum absolute atomic E-state index is 12.7. The lowest BCUT2D eigenvalue weighted by Gasteiger charge is -2.39. The molecule has 0 spiro atoms. The number of imidazole rings is 1. The van der Waals surface area contributed by atoms with Gasteiger partial charge < -0.3 is 9.72 Å².